The first kappa shape index (κ1) is 43.2. The maximum absolute atomic E-state index is 15.4. The first-order valence-electron chi connectivity index (χ1n) is 20.9. The highest BCUT2D eigenvalue weighted by Crippen LogP contribution is 2.62. The van der Waals surface area contributed by atoms with Gasteiger partial charge in [-0.1, -0.05) is 67.4 Å². The fraction of sp³-hybridized carbons (Fsp3) is 0.426. The van der Waals surface area contributed by atoms with Gasteiger partial charge in [0.05, 0.1) is 29.8 Å². The smallest absolute Gasteiger partial charge is 0.245 e. The van der Waals surface area contributed by atoms with Crippen LogP contribution in [0.15, 0.2) is 113 Å². The molecule has 6 unspecified atom stereocenters. The second kappa shape index (κ2) is 19.2. The van der Waals surface area contributed by atoms with E-state index in [-0.39, 0.29) is 55.4 Å². The van der Waals surface area contributed by atoms with E-state index >= 15 is 8.42 Å². The zero-order valence-corrected chi connectivity index (χ0v) is 35.1. The monoisotopic (exact) mass is 837 g/mol. The molecular formula is C47H55N3O9S. The summed E-state index contributed by atoms with van der Waals surface area (Å²) in [5.41, 5.74) is 3.20. The van der Waals surface area contributed by atoms with Gasteiger partial charge in [-0.15, -0.1) is 6.58 Å². The highest BCUT2D eigenvalue weighted by Gasteiger charge is 2.66. The Hall–Kier alpha value is -4.92. The number of hydrogen-bond donors (Lipinski definition) is 2. The lowest BCUT2D eigenvalue weighted by Gasteiger charge is -2.59. The number of ether oxygens (including phenoxy) is 3. The predicted molar refractivity (Wildman–Crippen MR) is 230 cm³/mol. The summed E-state index contributed by atoms with van der Waals surface area (Å²) in [4.78, 5) is 21.8. The number of allylic oxidation sites excluding steroid dienone is 1. The molecule has 1 saturated carbocycles. The molecule has 3 aliphatic rings. The Morgan fingerprint density at radius 3 is 2.52 bits per heavy atom. The third-order valence-corrected chi connectivity index (χ3v) is 14.0. The molecule has 0 bridgehead atoms. The van der Waals surface area contributed by atoms with Crippen molar-refractivity contribution in [3.63, 3.8) is 0 Å². The van der Waals surface area contributed by atoms with Crippen LogP contribution >= 0.6 is 0 Å². The topological polar surface area (TPSA) is 157 Å². The summed E-state index contributed by atoms with van der Waals surface area (Å²) < 4.78 is 53.0. The maximum Gasteiger partial charge on any atom is 0.245 e. The third-order valence-electron chi connectivity index (χ3n) is 12.0. The van der Waals surface area contributed by atoms with E-state index in [1.807, 2.05) is 37.3 Å². The molecular weight excluding hydrogens is 783 g/mol. The quantitative estimate of drug-likeness (QED) is 0.0385. The summed E-state index contributed by atoms with van der Waals surface area (Å²) in [6, 6.07) is 20.5. The van der Waals surface area contributed by atoms with Gasteiger partial charge in [0.25, 0.3) is 0 Å². The summed E-state index contributed by atoms with van der Waals surface area (Å²) in [6.07, 6.45) is 11.2. The Kier molecular flexibility index (Phi) is 13.8. The molecule has 1 aliphatic heterocycles. The van der Waals surface area contributed by atoms with Crippen molar-refractivity contribution in [3.8, 4) is 17.2 Å². The molecule has 3 aromatic carbocycles. The SMILES string of the molecule is C=CCOC12Oc3ccc(Oc4cccc(C=O)c4)cc3C3C(CCCCO)C(CCCCO)C=C(C(=NOC)CC1N(CCC)S(=O)(=O)c1cccc4cccnc14)C32. The number of carbonyl (C=O) groups excluding carboxylic acids is 1. The molecule has 0 radical (unpaired) electrons. The number of para-hydroxylation sites is 1. The van der Waals surface area contributed by atoms with E-state index in [9.17, 15) is 15.0 Å². The van der Waals surface area contributed by atoms with E-state index in [0.717, 1.165) is 43.1 Å². The van der Waals surface area contributed by atoms with Crippen LogP contribution in [0.25, 0.3) is 10.9 Å². The van der Waals surface area contributed by atoms with E-state index in [4.69, 9.17) is 19.0 Å². The van der Waals surface area contributed by atoms with Crippen LogP contribution in [0.4, 0.5) is 0 Å². The van der Waals surface area contributed by atoms with Gasteiger partial charge in [0, 0.05) is 54.8 Å². The maximum atomic E-state index is 15.4. The van der Waals surface area contributed by atoms with Crippen molar-refractivity contribution in [1.82, 2.24) is 9.29 Å². The van der Waals surface area contributed by atoms with Gasteiger partial charge >= 0.3 is 0 Å². The minimum absolute atomic E-state index is 0.0203. The number of unbranched alkanes of at least 4 members (excludes halogenated alkanes) is 2. The van der Waals surface area contributed by atoms with Gasteiger partial charge in [-0.05, 0) is 92.0 Å². The largest absolute Gasteiger partial charge is 0.460 e. The highest BCUT2D eigenvalue weighted by molar-refractivity contribution is 7.89. The van der Waals surface area contributed by atoms with Crippen molar-refractivity contribution in [1.29, 1.82) is 0 Å². The van der Waals surface area contributed by atoms with Gasteiger partial charge in [-0.2, -0.15) is 4.31 Å². The van der Waals surface area contributed by atoms with E-state index in [0.29, 0.717) is 58.7 Å². The van der Waals surface area contributed by atoms with E-state index in [1.54, 1.807) is 54.7 Å². The first-order valence-corrected chi connectivity index (χ1v) is 22.4. The van der Waals surface area contributed by atoms with Crippen molar-refractivity contribution >= 4 is 32.9 Å². The normalized spacial score (nSPS) is 24.0. The number of benzene rings is 3. The number of nitrogens with zero attached hydrogens (tertiary/aromatic N) is 3. The molecule has 6 atom stereocenters. The summed E-state index contributed by atoms with van der Waals surface area (Å²) in [6.45, 7) is 6.30. The highest BCUT2D eigenvalue weighted by atomic mass is 32.2. The number of pyridine rings is 1. The molecule has 2 N–H and O–H groups in total. The summed E-state index contributed by atoms with van der Waals surface area (Å²) in [7, 11) is -2.78. The molecule has 2 aliphatic carbocycles. The molecule has 12 nitrogen and oxygen atoms in total. The average Bonchev–Trinajstić information content (AvgIpc) is 3.26. The Morgan fingerprint density at radius 2 is 1.77 bits per heavy atom. The number of hydrogen-bond acceptors (Lipinski definition) is 11. The number of aliphatic hydroxyl groups excluding tert-OH is 2. The van der Waals surface area contributed by atoms with Crippen LogP contribution in [-0.4, -0.2) is 85.2 Å². The van der Waals surface area contributed by atoms with Crippen LogP contribution < -0.4 is 9.47 Å². The summed E-state index contributed by atoms with van der Waals surface area (Å²) in [5, 5.41) is 25.1. The Bertz CT molecular complexity index is 2330. The van der Waals surface area contributed by atoms with Gasteiger partial charge < -0.3 is 29.3 Å². The van der Waals surface area contributed by atoms with Crippen LogP contribution in [0.3, 0.4) is 0 Å². The van der Waals surface area contributed by atoms with E-state index in [1.165, 1.54) is 11.4 Å². The average molecular weight is 838 g/mol. The van der Waals surface area contributed by atoms with Crippen molar-refractivity contribution in [3.05, 3.63) is 114 Å². The van der Waals surface area contributed by atoms with Crippen LogP contribution in [0.1, 0.15) is 80.1 Å². The lowest BCUT2D eigenvalue weighted by molar-refractivity contribution is -0.251. The van der Waals surface area contributed by atoms with Crippen molar-refractivity contribution in [2.75, 3.05) is 33.5 Å². The number of fused-ring (bicyclic) bond motifs is 3. The number of rotatable bonds is 20. The minimum atomic E-state index is -4.27. The zero-order chi connectivity index (χ0) is 42.3. The van der Waals surface area contributed by atoms with E-state index in [2.05, 4.69) is 22.8 Å². The van der Waals surface area contributed by atoms with Gasteiger partial charge in [-0.25, -0.2) is 8.42 Å². The molecule has 1 aromatic heterocycles. The van der Waals surface area contributed by atoms with Gasteiger partial charge in [-0.3, -0.25) is 9.78 Å². The molecule has 0 spiro atoms. The van der Waals surface area contributed by atoms with Gasteiger partial charge in [0.15, 0.2) is 0 Å². The molecule has 13 heteroatoms. The fourth-order valence-electron chi connectivity index (χ4n) is 9.66. The number of aliphatic hydroxyl groups is 2. The van der Waals surface area contributed by atoms with Crippen molar-refractivity contribution in [2.45, 2.75) is 80.9 Å². The molecule has 60 heavy (non-hydrogen) atoms. The third kappa shape index (κ3) is 8.38. The van der Waals surface area contributed by atoms with Crippen molar-refractivity contribution in [2.24, 2.45) is 22.9 Å². The Labute approximate surface area is 352 Å². The molecule has 2 heterocycles. The summed E-state index contributed by atoms with van der Waals surface area (Å²) in [5.74, 6) is -0.880. The van der Waals surface area contributed by atoms with Gasteiger partial charge in [0.2, 0.25) is 15.8 Å². The van der Waals surface area contributed by atoms with Gasteiger partial charge in [0.1, 0.15) is 35.5 Å². The van der Waals surface area contributed by atoms with Crippen LogP contribution in [0, 0.1) is 17.8 Å². The molecule has 1 fully saturated rings. The predicted octanol–water partition coefficient (Wildman–Crippen LogP) is 8.20. The van der Waals surface area contributed by atoms with Crippen molar-refractivity contribution < 1.29 is 42.5 Å². The van der Waals surface area contributed by atoms with Crippen LogP contribution in [0.2, 0.25) is 0 Å². The Balaban J connectivity index is 1.47. The molecule has 4 aromatic rings. The number of oxime groups is 1. The zero-order valence-electron chi connectivity index (χ0n) is 34.3. The van der Waals surface area contributed by atoms with Crippen LogP contribution in [0.5, 0.6) is 17.2 Å². The standard InChI is InChI=1S/C47H55N3O9S/c1-4-23-50(60(54,55)42-19-11-15-33-16-12-22-48-46(33)42)43-30-40(49-56-3)38-28-34(14-6-8-24-51)37(18-7-9-25-52)44-39-29-36(58-35-17-10-13-32(27-35)31-53)20-21-41(39)59-47(43,45(38)44)57-26-5-2/h5,10-13,15-17,19-22,27-29,31,34,37,43-45,51-52H,2,4,6-9,14,18,23-26,30H2,1,3H3. The fourth-order valence-corrected chi connectivity index (χ4v) is 11.6. The van der Waals surface area contributed by atoms with Crippen LogP contribution in [-0.2, 0) is 19.6 Å². The molecule has 0 saturated heterocycles. The second-order valence-electron chi connectivity index (χ2n) is 15.7. The summed E-state index contributed by atoms with van der Waals surface area (Å²) >= 11 is 0. The molecule has 318 valence electrons. The molecule has 7 rings (SSSR count). The number of aldehydes is 1. The first-order chi connectivity index (χ1) is 29.2. The Morgan fingerprint density at radius 1 is 1.00 bits per heavy atom. The lowest BCUT2D eigenvalue weighted by atomic mass is 9.55. The molecule has 0 amide bonds. The number of aromatic nitrogens is 1. The number of carbonyl (C=O) groups is 1. The minimum Gasteiger partial charge on any atom is -0.460 e. The van der Waals surface area contributed by atoms with E-state index < -0.39 is 27.8 Å². The lowest BCUT2D eigenvalue weighted by Crippen LogP contribution is -2.70. The second-order valence-corrected chi connectivity index (χ2v) is 17.6. The number of sulfonamides is 1.